The van der Waals surface area contributed by atoms with Gasteiger partial charge in [0.15, 0.2) is 0 Å². The molecule has 0 aliphatic carbocycles. The van der Waals surface area contributed by atoms with E-state index >= 15 is 0 Å². The monoisotopic (exact) mass is 186 g/mol. The van der Waals surface area contributed by atoms with E-state index in [-0.39, 0.29) is 6.61 Å². The summed E-state index contributed by atoms with van der Waals surface area (Å²) in [5.41, 5.74) is 5.66. The van der Waals surface area contributed by atoms with E-state index in [1.807, 2.05) is 0 Å². The maximum atomic E-state index is 9.40. The van der Waals surface area contributed by atoms with Crippen LogP contribution in [0.2, 0.25) is 0 Å². The average Bonchev–Trinajstić information content (AvgIpc) is 2.57. The van der Waals surface area contributed by atoms with Crippen molar-refractivity contribution in [2.45, 2.75) is 18.7 Å². The van der Waals surface area contributed by atoms with Crippen molar-refractivity contribution in [1.82, 2.24) is 15.0 Å². The van der Waals surface area contributed by atoms with Crippen molar-refractivity contribution < 1.29 is 9.84 Å². The highest BCUT2D eigenvalue weighted by Gasteiger charge is 2.15. The van der Waals surface area contributed by atoms with Gasteiger partial charge < -0.3 is 15.6 Å². The second-order valence-corrected chi connectivity index (χ2v) is 2.77. The molecule has 0 fully saturated rings. The molecule has 0 aromatic carbocycles. The number of aromatic nitrogens is 3. The minimum Gasteiger partial charge on any atom is -0.389 e. The van der Waals surface area contributed by atoms with Gasteiger partial charge in [-0.05, 0) is 0 Å². The lowest BCUT2D eigenvalue weighted by atomic mass is 10.2. The molecular formula is C7H14N4O2. The summed E-state index contributed by atoms with van der Waals surface area (Å²) < 4.78 is 4.76. The number of aliphatic hydroxyl groups is 1. The van der Waals surface area contributed by atoms with Crippen molar-refractivity contribution in [1.29, 1.82) is 0 Å². The maximum Gasteiger partial charge on any atom is 0.0942 e. The number of ether oxygens (including phenoxy) is 1. The molecule has 0 saturated carbocycles. The number of hydrogen-bond acceptors (Lipinski definition) is 5. The summed E-state index contributed by atoms with van der Waals surface area (Å²) in [5, 5.41) is 17.1. The molecule has 1 unspecified atom stereocenters. The highest BCUT2D eigenvalue weighted by molar-refractivity contribution is 4.71. The summed E-state index contributed by atoms with van der Waals surface area (Å²) in [7, 11) is 1.52. The molecule has 1 rings (SSSR count). The molecule has 74 valence electrons. The fraction of sp³-hybridized carbons (Fsp3) is 0.714. The molecule has 0 bridgehead atoms. The van der Waals surface area contributed by atoms with Crippen LogP contribution in [0.5, 0.6) is 0 Å². The molecule has 0 aliphatic heterocycles. The van der Waals surface area contributed by atoms with Crippen molar-refractivity contribution in [3.63, 3.8) is 0 Å². The van der Waals surface area contributed by atoms with E-state index in [1.54, 1.807) is 12.4 Å². The van der Waals surface area contributed by atoms with E-state index in [0.29, 0.717) is 6.54 Å². The molecule has 0 saturated heterocycles. The van der Waals surface area contributed by atoms with Crippen LogP contribution in [0.4, 0.5) is 0 Å². The molecule has 13 heavy (non-hydrogen) atoms. The molecule has 3 N–H and O–H groups in total. The number of rotatable bonds is 5. The maximum absolute atomic E-state index is 9.40. The summed E-state index contributed by atoms with van der Waals surface area (Å²) in [6.45, 7) is 0.611. The van der Waals surface area contributed by atoms with Crippen LogP contribution in [0, 0.1) is 0 Å². The zero-order chi connectivity index (χ0) is 9.68. The fourth-order valence-electron chi connectivity index (χ4n) is 0.942. The Morgan fingerprint density at radius 3 is 2.69 bits per heavy atom. The standard InChI is InChI=1S/C7H14N4O2/c1-13-5-7(12)6(8)4-11-9-2-3-10-11/h2-3,6-7,12H,4-5,8H2,1H3/t6?,7-/m1/s1. The molecule has 1 aromatic rings. The molecule has 1 heterocycles. The summed E-state index contributed by atoms with van der Waals surface area (Å²) >= 11 is 0. The zero-order valence-electron chi connectivity index (χ0n) is 7.50. The Labute approximate surface area is 76.3 Å². The van der Waals surface area contributed by atoms with Crippen LogP contribution >= 0.6 is 0 Å². The zero-order valence-corrected chi connectivity index (χ0v) is 7.50. The van der Waals surface area contributed by atoms with E-state index < -0.39 is 12.1 Å². The van der Waals surface area contributed by atoms with Gasteiger partial charge in [-0.2, -0.15) is 15.0 Å². The van der Waals surface area contributed by atoms with Crippen molar-refractivity contribution in [2.24, 2.45) is 5.73 Å². The number of hydrogen-bond donors (Lipinski definition) is 2. The number of nitrogens with two attached hydrogens (primary N) is 1. The summed E-state index contributed by atoms with van der Waals surface area (Å²) in [5.74, 6) is 0. The van der Waals surface area contributed by atoms with E-state index in [1.165, 1.54) is 11.9 Å². The molecular weight excluding hydrogens is 172 g/mol. The van der Waals surface area contributed by atoms with Gasteiger partial charge in [0, 0.05) is 7.11 Å². The van der Waals surface area contributed by atoms with Gasteiger partial charge in [0.25, 0.3) is 0 Å². The van der Waals surface area contributed by atoms with E-state index in [2.05, 4.69) is 10.2 Å². The van der Waals surface area contributed by atoms with Crippen LogP contribution in [-0.4, -0.2) is 46.0 Å². The second kappa shape index (κ2) is 4.90. The van der Waals surface area contributed by atoms with Crippen molar-refractivity contribution in [2.75, 3.05) is 13.7 Å². The van der Waals surface area contributed by atoms with Gasteiger partial charge in [-0.3, -0.25) is 0 Å². The first-order valence-electron chi connectivity index (χ1n) is 4.00. The lowest BCUT2D eigenvalue weighted by Gasteiger charge is -2.16. The smallest absolute Gasteiger partial charge is 0.0942 e. The predicted molar refractivity (Wildman–Crippen MR) is 45.9 cm³/mol. The summed E-state index contributed by atoms with van der Waals surface area (Å²) in [6, 6.07) is -0.410. The van der Waals surface area contributed by atoms with Gasteiger partial charge in [-0.15, -0.1) is 0 Å². The van der Waals surface area contributed by atoms with Crippen molar-refractivity contribution in [3.05, 3.63) is 12.4 Å². The lowest BCUT2D eigenvalue weighted by molar-refractivity contribution is 0.0424. The van der Waals surface area contributed by atoms with Crippen molar-refractivity contribution in [3.8, 4) is 0 Å². The molecule has 6 nitrogen and oxygen atoms in total. The Balaban J connectivity index is 2.36. The van der Waals surface area contributed by atoms with Crippen LogP contribution in [0.25, 0.3) is 0 Å². The molecule has 0 spiro atoms. The normalized spacial score (nSPS) is 15.6. The van der Waals surface area contributed by atoms with Crippen LogP contribution in [0.15, 0.2) is 12.4 Å². The van der Waals surface area contributed by atoms with E-state index in [0.717, 1.165) is 0 Å². The molecule has 6 heteroatoms. The lowest BCUT2D eigenvalue weighted by Crippen LogP contribution is -2.41. The molecule has 0 aliphatic rings. The van der Waals surface area contributed by atoms with Crippen LogP contribution < -0.4 is 5.73 Å². The quantitative estimate of drug-likeness (QED) is 0.591. The van der Waals surface area contributed by atoms with Crippen LogP contribution in [-0.2, 0) is 11.3 Å². The third-order valence-corrected chi connectivity index (χ3v) is 1.67. The Kier molecular flexibility index (Phi) is 3.81. The van der Waals surface area contributed by atoms with Gasteiger partial charge in [-0.1, -0.05) is 0 Å². The Morgan fingerprint density at radius 1 is 1.54 bits per heavy atom. The van der Waals surface area contributed by atoms with E-state index in [4.69, 9.17) is 10.5 Å². The third kappa shape index (κ3) is 3.10. The van der Waals surface area contributed by atoms with Gasteiger partial charge in [0.2, 0.25) is 0 Å². The summed E-state index contributed by atoms with van der Waals surface area (Å²) in [4.78, 5) is 1.43. The molecule has 2 atom stereocenters. The largest absolute Gasteiger partial charge is 0.389 e. The molecule has 0 radical (unpaired) electrons. The molecule has 1 aromatic heterocycles. The number of aliphatic hydroxyl groups excluding tert-OH is 1. The second-order valence-electron chi connectivity index (χ2n) is 2.77. The van der Waals surface area contributed by atoms with Gasteiger partial charge in [-0.25, -0.2) is 0 Å². The minimum atomic E-state index is -0.684. The average molecular weight is 186 g/mol. The Morgan fingerprint density at radius 2 is 2.15 bits per heavy atom. The summed E-state index contributed by atoms with van der Waals surface area (Å²) in [6.07, 6.45) is 2.45. The Bertz CT molecular complexity index is 226. The number of nitrogens with zero attached hydrogens (tertiary/aromatic N) is 3. The first-order chi connectivity index (χ1) is 6.24. The SMILES string of the molecule is COC[C@@H](O)C(N)Cn1nccn1. The van der Waals surface area contributed by atoms with Gasteiger partial charge >= 0.3 is 0 Å². The topological polar surface area (TPSA) is 86.2 Å². The first kappa shape index (κ1) is 10.1. The van der Waals surface area contributed by atoms with Gasteiger partial charge in [0.05, 0.1) is 37.7 Å². The Hall–Kier alpha value is -0.980. The number of methoxy groups -OCH3 is 1. The van der Waals surface area contributed by atoms with Crippen LogP contribution in [0.3, 0.4) is 0 Å². The van der Waals surface area contributed by atoms with E-state index in [9.17, 15) is 5.11 Å². The van der Waals surface area contributed by atoms with Crippen LogP contribution in [0.1, 0.15) is 0 Å². The van der Waals surface area contributed by atoms with Crippen molar-refractivity contribution >= 4 is 0 Å². The minimum absolute atomic E-state index is 0.225. The molecule has 0 amide bonds. The first-order valence-corrected chi connectivity index (χ1v) is 4.00. The fourth-order valence-corrected chi connectivity index (χ4v) is 0.942. The highest BCUT2D eigenvalue weighted by Crippen LogP contribution is 1.93. The third-order valence-electron chi connectivity index (χ3n) is 1.67. The highest BCUT2D eigenvalue weighted by atomic mass is 16.5. The van der Waals surface area contributed by atoms with Gasteiger partial charge in [0.1, 0.15) is 0 Å². The predicted octanol–water partition coefficient (Wildman–Crippen LogP) is -1.39.